The normalized spacial score (nSPS) is 10.8. The maximum Gasteiger partial charge on any atom is 0.222 e. The first-order chi connectivity index (χ1) is 9.28. The molecule has 0 aliphatic rings. The number of benzene rings is 1. The van der Waals surface area contributed by atoms with Crippen molar-refractivity contribution in [3.8, 4) is 17.0 Å². The topological polar surface area (TPSA) is 89.7 Å². The van der Waals surface area contributed by atoms with Crippen LogP contribution < -0.4 is 10.5 Å². The molecular weight excluding hydrogens is 242 g/mol. The molecule has 0 fully saturated rings. The molecule has 0 atom stereocenters. The van der Waals surface area contributed by atoms with E-state index in [4.69, 9.17) is 10.5 Å². The zero-order chi connectivity index (χ0) is 13.2. The van der Waals surface area contributed by atoms with Crippen LogP contribution in [0.4, 0.5) is 5.95 Å². The largest absolute Gasteiger partial charge is 0.494 e. The molecule has 0 amide bonds. The second kappa shape index (κ2) is 4.56. The molecule has 19 heavy (non-hydrogen) atoms. The first kappa shape index (κ1) is 11.5. The van der Waals surface area contributed by atoms with Crippen molar-refractivity contribution in [3.05, 3.63) is 30.5 Å². The lowest BCUT2D eigenvalue weighted by molar-refractivity contribution is 0.340. The number of hydrogen-bond acceptors (Lipinski definition) is 5. The molecule has 0 aliphatic heterocycles. The van der Waals surface area contributed by atoms with Crippen LogP contribution in [-0.2, 0) is 0 Å². The van der Waals surface area contributed by atoms with E-state index in [-0.39, 0.29) is 5.95 Å². The van der Waals surface area contributed by atoms with Gasteiger partial charge in [-0.3, -0.25) is 5.10 Å². The molecule has 0 spiro atoms. The van der Waals surface area contributed by atoms with Gasteiger partial charge in [0.15, 0.2) is 5.65 Å². The molecule has 2 heterocycles. The summed E-state index contributed by atoms with van der Waals surface area (Å²) < 4.78 is 5.49. The van der Waals surface area contributed by atoms with E-state index in [0.29, 0.717) is 12.3 Å². The zero-order valence-corrected chi connectivity index (χ0v) is 10.4. The van der Waals surface area contributed by atoms with Crippen molar-refractivity contribution in [2.45, 2.75) is 6.92 Å². The number of nitrogens with zero attached hydrogens (tertiary/aromatic N) is 3. The fraction of sp³-hybridized carbons (Fsp3) is 0.154. The molecule has 0 unspecified atom stereocenters. The maximum absolute atomic E-state index is 5.72. The van der Waals surface area contributed by atoms with Gasteiger partial charge in [-0.2, -0.15) is 10.1 Å². The number of nitrogens with two attached hydrogens (primary N) is 1. The second-order valence-corrected chi connectivity index (χ2v) is 4.02. The maximum atomic E-state index is 5.72. The molecule has 96 valence electrons. The molecule has 2 aromatic heterocycles. The van der Waals surface area contributed by atoms with Gasteiger partial charge in [-0.05, 0) is 19.1 Å². The number of H-pyrrole nitrogens is 1. The van der Waals surface area contributed by atoms with E-state index in [1.165, 1.54) is 0 Å². The predicted octanol–water partition coefficient (Wildman–Crippen LogP) is 2.00. The second-order valence-electron chi connectivity index (χ2n) is 4.02. The third-order valence-electron chi connectivity index (χ3n) is 2.75. The Balaban J connectivity index is 2.18. The Morgan fingerprint density at radius 1 is 1.32 bits per heavy atom. The quantitative estimate of drug-likeness (QED) is 0.747. The van der Waals surface area contributed by atoms with Crippen molar-refractivity contribution in [1.82, 2.24) is 20.2 Å². The Kier molecular flexibility index (Phi) is 2.75. The van der Waals surface area contributed by atoms with Gasteiger partial charge < -0.3 is 10.5 Å². The molecule has 0 aliphatic carbocycles. The number of aromatic amines is 1. The lowest BCUT2D eigenvalue weighted by Crippen LogP contribution is -1.98. The number of ether oxygens (including phenoxy) is 1. The summed E-state index contributed by atoms with van der Waals surface area (Å²) in [6.45, 7) is 2.57. The van der Waals surface area contributed by atoms with Gasteiger partial charge in [0.1, 0.15) is 5.75 Å². The van der Waals surface area contributed by atoms with Gasteiger partial charge in [-0.15, -0.1) is 0 Å². The Morgan fingerprint density at radius 2 is 2.21 bits per heavy atom. The average Bonchev–Trinajstić information content (AvgIpc) is 2.86. The van der Waals surface area contributed by atoms with E-state index in [1.807, 2.05) is 31.2 Å². The van der Waals surface area contributed by atoms with E-state index < -0.39 is 0 Å². The molecule has 0 bridgehead atoms. The number of hydrogen-bond donors (Lipinski definition) is 2. The van der Waals surface area contributed by atoms with Gasteiger partial charge in [0.05, 0.1) is 23.9 Å². The summed E-state index contributed by atoms with van der Waals surface area (Å²) in [6, 6.07) is 7.71. The molecule has 0 saturated heterocycles. The zero-order valence-electron chi connectivity index (χ0n) is 10.4. The van der Waals surface area contributed by atoms with Crippen LogP contribution in [0.1, 0.15) is 6.92 Å². The fourth-order valence-electron chi connectivity index (χ4n) is 1.97. The van der Waals surface area contributed by atoms with Gasteiger partial charge in [0.25, 0.3) is 0 Å². The number of fused-ring (bicyclic) bond motifs is 1. The van der Waals surface area contributed by atoms with E-state index in [1.54, 1.807) is 6.20 Å². The Labute approximate surface area is 109 Å². The molecule has 0 radical (unpaired) electrons. The minimum Gasteiger partial charge on any atom is -0.494 e. The molecule has 1 aromatic carbocycles. The van der Waals surface area contributed by atoms with Gasteiger partial charge in [0, 0.05) is 5.56 Å². The summed E-state index contributed by atoms with van der Waals surface area (Å²) >= 11 is 0. The highest BCUT2D eigenvalue weighted by molar-refractivity contribution is 5.90. The fourth-order valence-corrected chi connectivity index (χ4v) is 1.97. The van der Waals surface area contributed by atoms with Crippen LogP contribution in [-0.4, -0.2) is 26.8 Å². The molecule has 6 heteroatoms. The number of nitrogens with one attached hydrogen (secondary N) is 1. The van der Waals surface area contributed by atoms with Gasteiger partial charge in [-0.1, -0.05) is 12.1 Å². The number of nitrogen functional groups attached to an aromatic ring is 1. The number of anilines is 1. The van der Waals surface area contributed by atoms with Crippen LogP contribution in [0.25, 0.3) is 22.3 Å². The van der Waals surface area contributed by atoms with E-state index in [2.05, 4.69) is 20.2 Å². The highest BCUT2D eigenvalue weighted by Gasteiger charge is 2.10. The average molecular weight is 255 g/mol. The minimum atomic E-state index is 0.216. The van der Waals surface area contributed by atoms with Crippen LogP contribution in [0, 0.1) is 0 Å². The Hall–Kier alpha value is -2.63. The van der Waals surface area contributed by atoms with Crippen LogP contribution >= 0.6 is 0 Å². The Morgan fingerprint density at radius 3 is 3.05 bits per heavy atom. The highest BCUT2D eigenvalue weighted by atomic mass is 16.5. The predicted molar refractivity (Wildman–Crippen MR) is 72.7 cm³/mol. The van der Waals surface area contributed by atoms with Gasteiger partial charge in [-0.25, -0.2) is 4.98 Å². The first-order valence-electron chi connectivity index (χ1n) is 5.97. The smallest absolute Gasteiger partial charge is 0.222 e. The minimum absolute atomic E-state index is 0.216. The van der Waals surface area contributed by atoms with E-state index >= 15 is 0 Å². The van der Waals surface area contributed by atoms with Crippen molar-refractivity contribution < 1.29 is 4.74 Å². The molecule has 0 saturated carbocycles. The summed E-state index contributed by atoms with van der Waals surface area (Å²) in [4.78, 5) is 8.39. The van der Waals surface area contributed by atoms with Crippen molar-refractivity contribution >= 4 is 17.0 Å². The third-order valence-corrected chi connectivity index (χ3v) is 2.75. The molecule has 3 N–H and O–H groups in total. The molecule has 3 aromatic rings. The van der Waals surface area contributed by atoms with E-state index in [0.717, 1.165) is 22.4 Å². The van der Waals surface area contributed by atoms with Crippen molar-refractivity contribution in [3.63, 3.8) is 0 Å². The van der Waals surface area contributed by atoms with Crippen molar-refractivity contribution in [2.24, 2.45) is 0 Å². The SMILES string of the molecule is CCOc1cccc(-c2nc(N)nc3[nH]ncc23)c1. The van der Waals surface area contributed by atoms with Crippen LogP contribution in [0.3, 0.4) is 0 Å². The van der Waals surface area contributed by atoms with Crippen LogP contribution in [0.5, 0.6) is 5.75 Å². The lowest BCUT2D eigenvalue weighted by atomic mass is 10.1. The lowest BCUT2D eigenvalue weighted by Gasteiger charge is -2.07. The summed E-state index contributed by atoms with van der Waals surface area (Å²) in [5.74, 6) is 1.02. The summed E-state index contributed by atoms with van der Waals surface area (Å²) in [5.41, 5.74) is 8.02. The number of rotatable bonds is 3. The summed E-state index contributed by atoms with van der Waals surface area (Å²) in [7, 11) is 0. The third kappa shape index (κ3) is 2.08. The molecular formula is C13H13N5O. The monoisotopic (exact) mass is 255 g/mol. The van der Waals surface area contributed by atoms with Gasteiger partial charge in [0.2, 0.25) is 5.95 Å². The van der Waals surface area contributed by atoms with Crippen LogP contribution in [0.15, 0.2) is 30.5 Å². The standard InChI is InChI=1S/C13H13N5O/c1-2-19-9-5-3-4-8(6-9)11-10-7-15-18-12(10)17-13(14)16-11/h3-7H,2H2,1H3,(H3,14,15,16,17,18). The van der Waals surface area contributed by atoms with Crippen molar-refractivity contribution in [2.75, 3.05) is 12.3 Å². The molecule has 3 rings (SSSR count). The Bertz CT molecular complexity index is 722. The summed E-state index contributed by atoms with van der Waals surface area (Å²) in [5, 5.41) is 7.61. The highest BCUT2D eigenvalue weighted by Crippen LogP contribution is 2.28. The van der Waals surface area contributed by atoms with E-state index in [9.17, 15) is 0 Å². The van der Waals surface area contributed by atoms with Gasteiger partial charge >= 0.3 is 0 Å². The molecule has 6 nitrogen and oxygen atoms in total. The van der Waals surface area contributed by atoms with Crippen molar-refractivity contribution in [1.29, 1.82) is 0 Å². The number of aromatic nitrogens is 4. The van der Waals surface area contributed by atoms with Crippen LogP contribution in [0.2, 0.25) is 0 Å². The summed E-state index contributed by atoms with van der Waals surface area (Å²) in [6.07, 6.45) is 1.69. The first-order valence-corrected chi connectivity index (χ1v) is 5.97.